The van der Waals surface area contributed by atoms with Gasteiger partial charge in [0.1, 0.15) is 5.58 Å². The molecule has 0 fully saturated rings. The molecule has 0 saturated heterocycles. The quantitative estimate of drug-likeness (QED) is 0.717. The molecule has 0 aromatic carbocycles. The lowest BCUT2D eigenvalue weighted by molar-refractivity contribution is 0.393. The Bertz CT molecular complexity index is 464. The molecule has 0 aliphatic rings. The average Bonchev–Trinajstić information content (AvgIpc) is 2.66. The molecule has 2 aromatic heterocycles. The lowest BCUT2D eigenvalue weighted by atomic mass is 10.2. The van der Waals surface area contributed by atoms with Crippen molar-refractivity contribution in [2.75, 3.05) is 7.11 Å². The van der Waals surface area contributed by atoms with Crippen molar-refractivity contribution in [2.24, 2.45) is 0 Å². The monoisotopic (exact) mass is 211 g/mol. The highest BCUT2D eigenvalue weighted by Gasteiger charge is 2.13. The van der Waals surface area contributed by atoms with Gasteiger partial charge < -0.3 is 9.15 Å². The van der Waals surface area contributed by atoms with Gasteiger partial charge in [0.05, 0.1) is 30.5 Å². The standard InChI is InChI=1S/C10H10ClNO2/c1-6-7-3-4-14-9(7)8(5-11)10(12-6)13-2/h3-4H,5H2,1-2H3. The van der Waals surface area contributed by atoms with E-state index in [1.54, 1.807) is 13.4 Å². The van der Waals surface area contributed by atoms with Gasteiger partial charge in [0.25, 0.3) is 0 Å². The number of halogens is 1. The highest BCUT2D eigenvalue weighted by molar-refractivity contribution is 6.18. The SMILES string of the molecule is COc1nc(C)c2ccoc2c1CCl. The molecule has 0 aliphatic carbocycles. The van der Waals surface area contributed by atoms with E-state index in [1.165, 1.54) is 0 Å². The van der Waals surface area contributed by atoms with Crippen molar-refractivity contribution in [3.8, 4) is 5.88 Å². The lowest BCUT2D eigenvalue weighted by Gasteiger charge is -2.06. The van der Waals surface area contributed by atoms with E-state index in [0.29, 0.717) is 11.8 Å². The second-order valence-corrected chi connectivity index (χ2v) is 3.25. The van der Waals surface area contributed by atoms with Crippen molar-refractivity contribution in [1.29, 1.82) is 0 Å². The molecule has 0 unspecified atom stereocenters. The fraction of sp³-hybridized carbons (Fsp3) is 0.300. The number of alkyl halides is 1. The molecule has 0 bridgehead atoms. The van der Waals surface area contributed by atoms with Crippen LogP contribution in [0, 0.1) is 6.92 Å². The molecular weight excluding hydrogens is 202 g/mol. The van der Waals surface area contributed by atoms with Gasteiger partial charge in [-0.25, -0.2) is 4.98 Å². The summed E-state index contributed by atoms with van der Waals surface area (Å²) in [5, 5.41) is 0.987. The Labute approximate surface area is 86.6 Å². The minimum atomic E-state index is 0.334. The summed E-state index contributed by atoms with van der Waals surface area (Å²) >= 11 is 5.82. The number of fused-ring (bicyclic) bond motifs is 1. The first-order valence-electron chi connectivity index (χ1n) is 4.24. The molecular formula is C10H10ClNO2. The summed E-state index contributed by atoms with van der Waals surface area (Å²) < 4.78 is 10.5. The van der Waals surface area contributed by atoms with Gasteiger partial charge in [-0.15, -0.1) is 11.6 Å². The minimum Gasteiger partial charge on any atom is -0.481 e. The van der Waals surface area contributed by atoms with E-state index in [1.807, 2.05) is 13.0 Å². The summed E-state index contributed by atoms with van der Waals surface area (Å²) in [6.07, 6.45) is 1.63. The highest BCUT2D eigenvalue weighted by Crippen LogP contribution is 2.29. The molecule has 14 heavy (non-hydrogen) atoms. The second kappa shape index (κ2) is 3.50. The Morgan fingerprint density at radius 1 is 1.57 bits per heavy atom. The Kier molecular flexibility index (Phi) is 2.33. The summed E-state index contributed by atoms with van der Waals surface area (Å²) in [7, 11) is 1.58. The maximum atomic E-state index is 5.82. The van der Waals surface area contributed by atoms with E-state index in [-0.39, 0.29) is 0 Å². The fourth-order valence-electron chi connectivity index (χ4n) is 1.49. The van der Waals surface area contributed by atoms with E-state index >= 15 is 0 Å². The van der Waals surface area contributed by atoms with Gasteiger partial charge >= 0.3 is 0 Å². The topological polar surface area (TPSA) is 35.3 Å². The largest absolute Gasteiger partial charge is 0.481 e. The number of nitrogens with zero attached hydrogens (tertiary/aromatic N) is 1. The van der Waals surface area contributed by atoms with Gasteiger partial charge in [0.2, 0.25) is 5.88 Å². The highest BCUT2D eigenvalue weighted by atomic mass is 35.5. The summed E-state index contributed by atoms with van der Waals surface area (Å²) in [6, 6.07) is 1.88. The summed E-state index contributed by atoms with van der Waals surface area (Å²) in [6.45, 7) is 1.92. The predicted molar refractivity (Wildman–Crippen MR) is 54.9 cm³/mol. The first-order valence-corrected chi connectivity index (χ1v) is 4.78. The molecule has 0 N–H and O–H groups in total. The third-order valence-corrected chi connectivity index (χ3v) is 2.45. The van der Waals surface area contributed by atoms with Crippen LogP contribution in [0.15, 0.2) is 16.7 Å². The zero-order chi connectivity index (χ0) is 10.1. The number of furan rings is 1. The maximum Gasteiger partial charge on any atom is 0.221 e. The third kappa shape index (κ3) is 1.24. The van der Waals surface area contributed by atoms with Gasteiger partial charge in [-0.3, -0.25) is 0 Å². The van der Waals surface area contributed by atoms with E-state index in [2.05, 4.69) is 4.98 Å². The molecule has 4 heteroatoms. The van der Waals surface area contributed by atoms with Crippen LogP contribution < -0.4 is 4.74 Å². The van der Waals surface area contributed by atoms with E-state index < -0.39 is 0 Å². The van der Waals surface area contributed by atoms with Crippen molar-refractivity contribution in [3.05, 3.63) is 23.6 Å². The molecule has 0 spiro atoms. The molecule has 0 saturated carbocycles. The zero-order valence-corrected chi connectivity index (χ0v) is 8.76. The van der Waals surface area contributed by atoms with Crippen LogP contribution in [0.25, 0.3) is 11.0 Å². The van der Waals surface area contributed by atoms with Crippen LogP contribution >= 0.6 is 11.6 Å². The summed E-state index contributed by atoms with van der Waals surface area (Å²) in [5.41, 5.74) is 2.46. The Morgan fingerprint density at radius 2 is 2.36 bits per heavy atom. The number of pyridine rings is 1. The molecule has 2 aromatic rings. The van der Waals surface area contributed by atoms with Gasteiger partial charge in [-0.2, -0.15) is 0 Å². The first-order chi connectivity index (χ1) is 6.77. The number of ether oxygens (including phenoxy) is 1. The van der Waals surface area contributed by atoms with Crippen LogP contribution in [-0.2, 0) is 5.88 Å². The second-order valence-electron chi connectivity index (χ2n) is 2.98. The van der Waals surface area contributed by atoms with Crippen LogP contribution in [0.4, 0.5) is 0 Å². The number of rotatable bonds is 2. The van der Waals surface area contributed by atoms with Gasteiger partial charge in [0, 0.05) is 5.39 Å². The number of aryl methyl sites for hydroxylation is 1. The molecule has 0 aliphatic heterocycles. The summed E-state index contributed by atoms with van der Waals surface area (Å²) in [5.74, 6) is 0.875. The Balaban J connectivity index is 2.82. The van der Waals surface area contributed by atoms with Gasteiger partial charge in [0.15, 0.2) is 0 Å². The van der Waals surface area contributed by atoms with Crippen LogP contribution in [-0.4, -0.2) is 12.1 Å². The molecule has 3 nitrogen and oxygen atoms in total. The van der Waals surface area contributed by atoms with Crippen molar-refractivity contribution in [2.45, 2.75) is 12.8 Å². The van der Waals surface area contributed by atoms with Crippen molar-refractivity contribution in [3.63, 3.8) is 0 Å². The number of methoxy groups -OCH3 is 1. The van der Waals surface area contributed by atoms with Gasteiger partial charge in [-0.05, 0) is 13.0 Å². The lowest BCUT2D eigenvalue weighted by Crippen LogP contribution is -1.96. The van der Waals surface area contributed by atoms with Crippen LogP contribution in [0.2, 0.25) is 0 Å². The number of hydrogen-bond acceptors (Lipinski definition) is 3. The minimum absolute atomic E-state index is 0.334. The molecule has 2 rings (SSSR count). The van der Waals surface area contributed by atoms with E-state index in [9.17, 15) is 0 Å². The molecule has 2 heterocycles. The van der Waals surface area contributed by atoms with Crippen molar-refractivity contribution < 1.29 is 9.15 Å². The Morgan fingerprint density at radius 3 is 3.00 bits per heavy atom. The fourth-order valence-corrected chi connectivity index (χ4v) is 1.73. The normalized spacial score (nSPS) is 10.8. The van der Waals surface area contributed by atoms with Gasteiger partial charge in [-0.1, -0.05) is 0 Å². The molecule has 0 radical (unpaired) electrons. The summed E-state index contributed by atoms with van der Waals surface area (Å²) in [4.78, 5) is 4.30. The Hall–Kier alpha value is -1.22. The average molecular weight is 212 g/mol. The van der Waals surface area contributed by atoms with Crippen LogP contribution in [0.3, 0.4) is 0 Å². The maximum absolute atomic E-state index is 5.82. The molecule has 0 atom stereocenters. The smallest absolute Gasteiger partial charge is 0.221 e. The van der Waals surface area contributed by atoms with E-state index in [0.717, 1.165) is 22.2 Å². The van der Waals surface area contributed by atoms with Crippen LogP contribution in [0.1, 0.15) is 11.3 Å². The molecule has 0 amide bonds. The number of hydrogen-bond donors (Lipinski definition) is 0. The molecule has 74 valence electrons. The number of aromatic nitrogens is 1. The van der Waals surface area contributed by atoms with E-state index in [4.69, 9.17) is 20.8 Å². The van der Waals surface area contributed by atoms with Crippen molar-refractivity contribution >= 4 is 22.6 Å². The van der Waals surface area contributed by atoms with Crippen LogP contribution in [0.5, 0.6) is 5.88 Å². The third-order valence-electron chi connectivity index (χ3n) is 2.18. The zero-order valence-electron chi connectivity index (χ0n) is 8.00. The first kappa shape index (κ1) is 9.34. The predicted octanol–water partition coefficient (Wildman–Crippen LogP) is 2.88. The van der Waals surface area contributed by atoms with Crippen molar-refractivity contribution in [1.82, 2.24) is 4.98 Å².